The summed E-state index contributed by atoms with van der Waals surface area (Å²) in [7, 11) is -2.94. The Bertz CT molecular complexity index is 854. The molecular formula is C16H17N4O5P. The lowest BCUT2D eigenvalue weighted by Crippen LogP contribution is -2.08. The van der Waals surface area contributed by atoms with Crippen LogP contribution < -0.4 is 4.74 Å². The maximum absolute atomic E-state index is 12.9. The molecule has 1 aromatic carbocycles. The summed E-state index contributed by atoms with van der Waals surface area (Å²) >= 11 is 0. The van der Waals surface area contributed by atoms with Crippen LogP contribution in [0.4, 0.5) is 5.69 Å². The fraction of sp³-hybridized carbons (Fsp3) is 0.312. The average Bonchev–Trinajstić information content (AvgIpc) is 3.52. The van der Waals surface area contributed by atoms with Gasteiger partial charge in [-0.3, -0.25) is 19.7 Å². The summed E-state index contributed by atoms with van der Waals surface area (Å²) in [5.41, 5.74) is 0.496. The van der Waals surface area contributed by atoms with Gasteiger partial charge in [-0.2, -0.15) is 0 Å². The summed E-state index contributed by atoms with van der Waals surface area (Å²) in [6, 6.07) is 7.83. The van der Waals surface area contributed by atoms with Crippen LogP contribution >= 0.6 is 7.67 Å². The van der Waals surface area contributed by atoms with E-state index in [1.165, 1.54) is 12.3 Å². The molecule has 0 unspecified atom stereocenters. The van der Waals surface area contributed by atoms with E-state index in [0.717, 1.165) is 26.2 Å². The topological polar surface area (TPSA) is 97.6 Å². The largest absolute Gasteiger partial charge is 0.448 e. The summed E-state index contributed by atoms with van der Waals surface area (Å²) in [6.45, 7) is 3.16. The first-order chi connectivity index (χ1) is 12.6. The zero-order valence-corrected chi connectivity index (χ0v) is 14.7. The molecule has 2 aliphatic rings. The maximum Gasteiger partial charge on any atom is 0.346 e. The third-order valence-corrected chi connectivity index (χ3v) is 6.74. The van der Waals surface area contributed by atoms with Gasteiger partial charge in [-0.25, -0.2) is 9.34 Å². The third-order valence-electron chi connectivity index (χ3n) is 4.04. The van der Waals surface area contributed by atoms with E-state index in [-0.39, 0.29) is 18.0 Å². The Kier molecular flexibility index (Phi) is 4.46. The minimum absolute atomic E-state index is 0.0890. The van der Waals surface area contributed by atoms with Crippen LogP contribution in [0.5, 0.6) is 11.5 Å². The van der Waals surface area contributed by atoms with Gasteiger partial charge in [-0.15, -0.1) is 0 Å². The standard InChI is InChI=1S/C16H17N4O5P/c21-20(22)15-4-3-13(10-16(15)25-14-2-1-5-17-11-14)12-24-26(23,18-6-7-18)19-8-9-19/h1-5,10-11H,6-9,12H2. The molecule has 3 heterocycles. The number of pyridine rings is 1. The molecule has 0 radical (unpaired) electrons. The van der Waals surface area contributed by atoms with E-state index in [4.69, 9.17) is 9.26 Å². The average molecular weight is 376 g/mol. The lowest BCUT2D eigenvalue weighted by atomic mass is 10.2. The van der Waals surface area contributed by atoms with Gasteiger partial charge in [0.15, 0.2) is 0 Å². The van der Waals surface area contributed by atoms with Gasteiger partial charge in [0, 0.05) is 38.4 Å². The van der Waals surface area contributed by atoms with E-state index < -0.39 is 12.6 Å². The van der Waals surface area contributed by atoms with Crippen LogP contribution in [-0.4, -0.2) is 45.4 Å². The molecule has 0 amide bonds. The van der Waals surface area contributed by atoms with Crippen LogP contribution in [0, 0.1) is 10.1 Å². The first kappa shape index (κ1) is 17.1. The molecule has 0 atom stereocenters. The molecule has 2 aliphatic heterocycles. The summed E-state index contributed by atoms with van der Waals surface area (Å²) < 4.78 is 27.9. The molecule has 0 aliphatic carbocycles. The van der Waals surface area contributed by atoms with Crippen molar-refractivity contribution >= 4 is 13.4 Å². The van der Waals surface area contributed by atoms with E-state index in [0.29, 0.717) is 11.3 Å². The Labute approximate surface area is 149 Å². The molecule has 136 valence electrons. The van der Waals surface area contributed by atoms with Crippen LogP contribution in [0.2, 0.25) is 0 Å². The number of rotatable bonds is 8. The molecular weight excluding hydrogens is 359 g/mol. The first-order valence-corrected chi connectivity index (χ1v) is 9.70. The normalized spacial score (nSPS) is 17.1. The van der Waals surface area contributed by atoms with Gasteiger partial charge in [0.2, 0.25) is 5.75 Å². The van der Waals surface area contributed by atoms with Crippen molar-refractivity contribution in [3.8, 4) is 11.5 Å². The Balaban J connectivity index is 1.54. The van der Waals surface area contributed by atoms with Crippen molar-refractivity contribution in [2.24, 2.45) is 0 Å². The number of nitrogens with zero attached hydrogens (tertiary/aromatic N) is 4. The highest BCUT2D eigenvalue weighted by Gasteiger charge is 2.49. The molecule has 2 fully saturated rings. The minimum Gasteiger partial charge on any atom is -0.448 e. The van der Waals surface area contributed by atoms with Gasteiger partial charge >= 0.3 is 13.4 Å². The zero-order chi connectivity index (χ0) is 18.1. The van der Waals surface area contributed by atoms with Crippen LogP contribution in [0.15, 0.2) is 42.7 Å². The fourth-order valence-electron chi connectivity index (χ4n) is 2.51. The van der Waals surface area contributed by atoms with Crippen molar-refractivity contribution in [1.82, 2.24) is 14.3 Å². The quantitative estimate of drug-likeness (QED) is 0.300. The third kappa shape index (κ3) is 3.61. The van der Waals surface area contributed by atoms with Crippen molar-refractivity contribution in [3.05, 3.63) is 58.4 Å². The summed E-state index contributed by atoms with van der Waals surface area (Å²) in [5, 5.41) is 11.3. The molecule has 1 aromatic heterocycles. The van der Waals surface area contributed by atoms with Crippen molar-refractivity contribution in [2.75, 3.05) is 26.2 Å². The van der Waals surface area contributed by atoms with E-state index in [1.54, 1.807) is 30.5 Å². The van der Waals surface area contributed by atoms with E-state index in [9.17, 15) is 14.7 Å². The van der Waals surface area contributed by atoms with Gasteiger partial charge in [0.1, 0.15) is 5.75 Å². The number of ether oxygens (including phenoxy) is 1. The van der Waals surface area contributed by atoms with Crippen molar-refractivity contribution in [1.29, 1.82) is 0 Å². The Hall–Kier alpha value is -2.32. The lowest BCUT2D eigenvalue weighted by molar-refractivity contribution is -0.385. The second kappa shape index (κ2) is 6.77. The van der Waals surface area contributed by atoms with Gasteiger partial charge in [0.25, 0.3) is 0 Å². The molecule has 2 saturated heterocycles. The molecule has 0 spiro atoms. The smallest absolute Gasteiger partial charge is 0.346 e. The van der Waals surface area contributed by atoms with Crippen LogP contribution in [-0.2, 0) is 15.7 Å². The monoisotopic (exact) mass is 376 g/mol. The molecule has 9 nitrogen and oxygen atoms in total. The molecule has 26 heavy (non-hydrogen) atoms. The highest BCUT2D eigenvalue weighted by Crippen LogP contribution is 2.61. The summed E-state index contributed by atoms with van der Waals surface area (Å²) in [6.07, 6.45) is 3.06. The highest BCUT2D eigenvalue weighted by molar-refractivity contribution is 7.54. The maximum atomic E-state index is 12.9. The van der Waals surface area contributed by atoms with E-state index >= 15 is 0 Å². The Morgan fingerprint density at radius 3 is 2.50 bits per heavy atom. The van der Waals surface area contributed by atoms with Crippen LogP contribution in [0.3, 0.4) is 0 Å². The van der Waals surface area contributed by atoms with Crippen molar-refractivity contribution in [2.45, 2.75) is 6.61 Å². The van der Waals surface area contributed by atoms with Gasteiger partial charge in [-0.05, 0) is 29.8 Å². The fourth-order valence-corrected chi connectivity index (χ4v) is 4.70. The lowest BCUT2D eigenvalue weighted by Gasteiger charge is -2.19. The number of hydrogen-bond acceptors (Lipinski definition) is 6. The Morgan fingerprint density at radius 2 is 1.92 bits per heavy atom. The number of benzene rings is 1. The SMILES string of the molecule is O=[N+]([O-])c1ccc(COP(=O)(N2CC2)N2CC2)cc1Oc1cccnc1. The molecule has 2 aromatic rings. The number of nitro groups is 1. The van der Waals surface area contributed by atoms with Gasteiger partial charge in [0.05, 0.1) is 17.7 Å². The molecule has 0 N–H and O–H groups in total. The number of nitro benzene ring substituents is 1. The van der Waals surface area contributed by atoms with Crippen molar-refractivity contribution in [3.63, 3.8) is 0 Å². The van der Waals surface area contributed by atoms with Gasteiger partial charge < -0.3 is 9.26 Å². The second-order valence-electron chi connectivity index (χ2n) is 6.02. The number of hydrogen-bond donors (Lipinski definition) is 0. The van der Waals surface area contributed by atoms with Crippen LogP contribution in [0.25, 0.3) is 0 Å². The highest BCUT2D eigenvalue weighted by atomic mass is 31.2. The van der Waals surface area contributed by atoms with E-state index in [1.807, 2.05) is 9.34 Å². The number of aromatic nitrogens is 1. The summed E-state index contributed by atoms with van der Waals surface area (Å²) in [5.74, 6) is 0.491. The zero-order valence-electron chi connectivity index (χ0n) is 13.9. The van der Waals surface area contributed by atoms with Crippen LogP contribution in [0.1, 0.15) is 5.56 Å². The Morgan fingerprint density at radius 1 is 1.19 bits per heavy atom. The second-order valence-corrected chi connectivity index (χ2v) is 8.39. The van der Waals surface area contributed by atoms with E-state index in [2.05, 4.69) is 4.98 Å². The summed E-state index contributed by atoms with van der Waals surface area (Å²) in [4.78, 5) is 14.7. The minimum atomic E-state index is -2.94. The first-order valence-electron chi connectivity index (χ1n) is 8.17. The predicted octanol–water partition coefficient (Wildman–Crippen LogP) is 3.04. The molecule has 0 bridgehead atoms. The molecule has 10 heteroatoms. The van der Waals surface area contributed by atoms with Gasteiger partial charge in [-0.1, -0.05) is 0 Å². The molecule has 4 rings (SSSR count). The molecule has 0 saturated carbocycles. The van der Waals surface area contributed by atoms with Crippen molar-refractivity contribution < 1.29 is 18.7 Å². The predicted molar refractivity (Wildman–Crippen MR) is 92.9 cm³/mol.